The van der Waals surface area contributed by atoms with E-state index >= 15 is 0 Å². The number of carbonyl (C=O) groups excluding carboxylic acids is 1. The van der Waals surface area contributed by atoms with E-state index in [1.54, 1.807) is 6.08 Å². The lowest BCUT2D eigenvalue weighted by molar-refractivity contribution is -0.127. The molecule has 0 heterocycles. The van der Waals surface area contributed by atoms with Crippen molar-refractivity contribution in [3.63, 3.8) is 0 Å². The summed E-state index contributed by atoms with van der Waals surface area (Å²) in [5.41, 5.74) is 0.432. The molecule has 1 aliphatic rings. The zero-order chi connectivity index (χ0) is 14.6. The normalized spacial score (nSPS) is 29.9. The van der Waals surface area contributed by atoms with Crippen molar-refractivity contribution >= 4 is 5.78 Å². The van der Waals surface area contributed by atoms with Gasteiger partial charge < -0.3 is 5.11 Å². The Morgan fingerprint density at radius 1 is 1.45 bits per heavy atom. The molecule has 3 atom stereocenters. The van der Waals surface area contributed by atoms with Gasteiger partial charge in [0.25, 0.3) is 0 Å². The van der Waals surface area contributed by atoms with Gasteiger partial charge in [0.1, 0.15) is 5.78 Å². The zero-order valence-electron chi connectivity index (χ0n) is 12.2. The molecule has 1 saturated carbocycles. The second-order valence-electron chi connectivity index (χ2n) is 6.17. The van der Waals surface area contributed by atoms with E-state index in [0.29, 0.717) is 31.5 Å². The van der Waals surface area contributed by atoms with Crippen molar-refractivity contribution in [2.24, 2.45) is 11.8 Å². The van der Waals surface area contributed by atoms with Crippen LogP contribution in [-0.4, -0.2) is 16.5 Å². The van der Waals surface area contributed by atoms with Crippen molar-refractivity contribution in [1.82, 2.24) is 0 Å². The molecular weight excluding hydrogens is 248 g/mol. The molecule has 0 aromatic heterocycles. The standard InChI is InChI=1S/C18H24O2/c1-3-10-18(20)11-9-16(14(2)13-18)17(19)12-15-7-5-4-6-8-15/h3-8,14,16,20H,1,9-13H2,2H3/t14-,16-,18+/m0/s1. The minimum atomic E-state index is -0.648. The van der Waals surface area contributed by atoms with Gasteiger partial charge >= 0.3 is 0 Å². The highest BCUT2D eigenvalue weighted by Gasteiger charge is 2.39. The molecule has 20 heavy (non-hydrogen) atoms. The summed E-state index contributed by atoms with van der Waals surface area (Å²) in [5, 5.41) is 10.4. The van der Waals surface area contributed by atoms with E-state index < -0.39 is 5.60 Å². The molecule has 108 valence electrons. The maximum atomic E-state index is 12.4. The summed E-state index contributed by atoms with van der Waals surface area (Å²) >= 11 is 0. The lowest BCUT2D eigenvalue weighted by atomic mass is 9.69. The topological polar surface area (TPSA) is 37.3 Å². The fourth-order valence-electron chi connectivity index (χ4n) is 3.41. The predicted octanol–water partition coefficient (Wildman–Crippen LogP) is 3.54. The van der Waals surface area contributed by atoms with Gasteiger partial charge in [-0.15, -0.1) is 6.58 Å². The maximum absolute atomic E-state index is 12.4. The van der Waals surface area contributed by atoms with Crippen LogP contribution in [-0.2, 0) is 11.2 Å². The molecule has 0 spiro atoms. The van der Waals surface area contributed by atoms with E-state index in [-0.39, 0.29) is 11.8 Å². The van der Waals surface area contributed by atoms with Crippen LogP contribution in [0.1, 0.15) is 38.2 Å². The second kappa shape index (κ2) is 6.36. The molecule has 2 nitrogen and oxygen atoms in total. The predicted molar refractivity (Wildman–Crippen MR) is 81.4 cm³/mol. The minimum absolute atomic E-state index is 0.0836. The molecule has 0 unspecified atom stereocenters. The van der Waals surface area contributed by atoms with Gasteiger partial charge in [-0.3, -0.25) is 4.79 Å². The van der Waals surface area contributed by atoms with Crippen LogP contribution in [0.15, 0.2) is 43.0 Å². The highest BCUT2D eigenvalue weighted by Crippen LogP contribution is 2.39. The van der Waals surface area contributed by atoms with Gasteiger partial charge in [0.2, 0.25) is 0 Å². The number of ketones is 1. The Labute approximate surface area is 121 Å². The summed E-state index contributed by atoms with van der Waals surface area (Å²) in [7, 11) is 0. The number of hydrogen-bond acceptors (Lipinski definition) is 2. The number of hydrogen-bond donors (Lipinski definition) is 1. The molecule has 1 aromatic rings. The number of benzene rings is 1. The Morgan fingerprint density at radius 3 is 2.75 bits per heavy atom. The fraction of sp³-hybridized carbons (Fsp3) is 0.500. The average Bonchev–Trinajstić information content (AvgIpc) is 2.39. The first kappa shape index (κ1) is 15.0. The average molecular weight is 272 g/mol. The zero-order valence-corrected chi connectivity index (χ0v) is 12.2. The van der Waals surface area contributed by atoms with Crippen molar-refractivity contribution in [2.75, 3.05) is 0 Å². The lowest BCUT2D eigenvalue weighted by Gasteiger charge is -2.39. The van der Waals surface area contributed by atoms with Crippen LogP contribution in [0.2, 0.25) is 0 Å². The summed E-state index contributed by atoms with van der Waals surface area (Å²) in [5.74, 6) is 0.634. The first-order chi connectivity index (χ1) is 9.54. The van der Waals surface area contributed by atoms with Crippen LogP contribution in [0.3, 0.4) is 0 Å². The molecule has 1 aromatic carbocycles. The molecule has 2 heteroatoms. The van der Waals surface area contributed by atoms with Gasteiger partial charge in [0, 0.05) is 12.3 Å². The Bertz CT molecular complexity index is 466. The van der Waals surface area contributed by atoms with Gasteiger partial charge in [-0.25, -0.2) is 0 Å². The molecule has 0 saturated heterocycles. The highest BCUT2D eigenvalue weighted by molar-refractivity contribution is 5.83. The summed E-state index contributed by atoms with van der Waals surface area (Å²) in [6, 6.07) is 9.90. The van der Waals surface area contributed by atoms with Crippen LogP contribution >= 0.6 is 0 Å². The summed E-state index contributed by atoms with van der Waals surface area (Å²) in [6.07, 6.45) is 5.10. The smallest absolute Gasteiger partial charge is 0.140 e. The molecule has 1 N–H and O–H groups in total. The number of aliphatic hydroxyl groups is 1. The van der Waals surface area contributed by atoms with Crippen molar-refractivity contribution < 1.29 is 9.90 Å². The van der Waals surface area contributed by atoms with Gasteiger partial charge in [0.15, 0.2) is 0 Å². The van der Waals surface area contributed by atoms with E-state index in [9.17, 15) is 9.90 Å². The molecule has 2 rings (SSSR count). The summed E-state index contributed by atoms with van der Waals surface area (Å²) in [6.45, 7) is 5.79. The molecule has 0 amide bonds. The van der Waals surface area contributed by atoms with Gasteiger partial charge in [0.05, 0.1) is 5.60 Å². The molecule has 0 bridgehead atoms. The maximum Gasteiger partial charge on any atom is 0.140 e. The van der Waals surface area contributed by atoms with Crippen LogP contribution in [0.25, 0.3) is 0 Å². The second-order valence-corrected chi connectivity index (χ2v) is 6.17. The molecule has 1 fully saturated rings. The SMILES string of the molecule is C=CC[C@@]1(O)CC[C@H](C(=O)Cc2ccccc2)[C@@H](C)C1. The van der Waals surface area contributed by atoms with Crippen molar-refractivity contribution in [1.29, 1.82) is 0 Å². The Balaban J connectivity index is 1.97. The summed E-state index contributed by atoms with van der Waals surface area (Å²) < 4.78 is 0. The van der Waals surface area contributed by atoms with Gasteiger partial charge in [-0.05, 0) is 37.2 Å². The monoisotopic (exact) mass is 272 g/mol. The molecule has 0 aliphatic heterocycles. The fourth-order valence-corrected chi connectivity index (χ4v) is 3.41. The van der Waals surface area contributed by atoms with E-state index in [1.165, 1.54) is 0 Å². The number of carbonyl (C=O) groups is 1. The van der Waals surface area contributed by atoms with E-state index in [2.05, 4.69) is 13.5 Å². The van der Waals surface area contributed by atoms with Crippen LogP contribution in [0, 0.1) is 11.8 Å². The number of rotatable bonds is 5. The third-order valence-corrected chi connectivity index (χ3v) is 4.47. The van der Waals surface area contributed by atoms with Gasteiger partial charge in [-0.2, -0.15) is 0 Å². The quantitative estimate of drug-likeness (QED) is 0.832. The third kappa shape index (κ3) is 3.57. The molecular formula is C18H24O2. The van der Waals surface area contributed by atoms with E-state index in [4.69, 9.17) is 0 Å². The van der Waals surface area contributed by atoms with Crippen LogP contribution in [0.5, 0.6) is 0 Å². The van der Waals surface area contributed by atoms with E-state index in [1.807, 2.05) is 30.3 Å². The van der Waals surface area contributed by atoms with Crippen molar-refractivity contribution in [3.8, 4) is 0 Å². The molecule has 1 aliphatic carbocycles. The van der Waals surface area contributed by atoms with Crippen molar-refractivity contribution in [2.45, 2.75) is 44.6 Å². The lowest BCUT2D eigenvalue weighted by Crippen LogP contribution is -2.40. The van der Waals surface area contributed by atoms with Crippen molar-refractivity contribution in [3.05, 3.63) is 48.6 Å². The Kier molecular flexibility index (Phi) is 4.77. The Morgan fingerprint density at radius 2 is 2.15 bits per heavy atom. The Hall–Kier alpha value is -1.41. The van der Waals surface area contributed by atoms with E-state index in [0.717, 1.165) is 12.0 Å². The minimum Gasteiger partial charge on any atom is -0.390 e. The summed E-state index contributed by atoms with van der Waals surface area (Å²) in [4.78, 5) is 12.4. The third-order valence-electron chi connectivity index (χ3n) is 4.47. The first-order valence-corrected chi connectivity index (χ1v) is 7.44. The van der Waals surface area contributed by atoms with Crippen LogP contribution in [0.4, 0.5) is 0 Å². The van der Waals surface area contributed by atoms with Gasteiger partial charge in [-0.1, -0.05) is 43.3 Å². The largest absolute Gasteiger partial charge is 0.390 e. The highest BCUT2D eigenvalue weighted by atomic mass is 16.3. The number of Topliss-reactive ketones (excluding diaryl/α,β-unsaturated/α-hetero) is 1. The molecule has 0 radical (unpaired) electrons. The first-order valence-electron chi connectivity index (χ1n) is 7.44. The van der Waals surface area contributed by atoms with Crippen LogP contribution < -0.4 is 0 Å².